The molecule has 4 nitrogen and oxygen atoms in total. The summed E-state index contributed by atoms with van der Waals surface area (Å²) in [6.07, 6.45) is 0.944. The number of anilines is 1. The molecule has 1 N–H and O–H groups in total. The summed E-state index contributed by atoms with van der Waals surface area (Å²) in [7, 11) is 1.68. The normalized spacial score (nSPS) is 11.9. The van der Waals surface area contributed by atoms with Gasteiger partial charge in [-0.1, -0.05) is 6.92 Å². The number of rotatable bonds is 5. The lowest BCUT2D eigenvalue weighted by molar-refractivity contribution is 0.184. The second kappa shape index (κ2) is 6.21. The van der Waals surface area contributed by atoms with Gasteiger partial charge in [-0.05, 0) is 26.3 Å². The van der Waals surface area contributed by atoms with Crippen molar-refractivity contribution < 1.29 is 4.74 Å². The second-order valence-electron chi connectivity index (χ2n) is 4.09. The van der Waals surface area contributed by atoms with Crippen molar-refractivity contribution in [2.45, 2.75) is 33.2 Å². The van der Waals surface area contributed by atoms with E-state index in [9.17, 15) is 0 Å². The molecule has 17 heavy (non-hydrogen) atoms. The van der Waals surface area contributed by atoms with E-state index >= 15 is 0 Å². The van der Waals surface area contributed by atoms with E-state index in [0.717, 1.165) is 23.5 Å². The molecule has 92 valence electrons. The average Bonchev–Trinajstić information content (AvgIpc) is 2.28. The summed E-state index contributed by atoms with van der Waals surface area (Å²) in [4.78, 5) is 4.29. The fourth-order valence-corrected chi connectivity index (χ4v) is 1.77. The van der Waals surface area contributed by atoms with Crippen molar-refractivity contribution in [2.75, 3.05) is 19.0 Å². The van der Waals surface area contributed by atoms with Gasteiger partial charge in [0.2, 0.25) is 0 Å². The molecule has 0 amide bonds. The smallest absolute Gasteiger partial charge is 0.103 e. The van der Waals surface area contributed by atoms with Crippen molar-refractivity contribution in [2.24, 2.45) is 0 Å². The summed E-state index contributed by atoms with van der Waals surface area (Å²) in [5, 5.41) is 12.5. The Kier molecular flexibility index (Phi) is 4.92. The van der Waals surface area contributed by atoms with Crippen LogP contribution < -0.4 is 5.32 Å². The second-order valence-corrected chi connectivity index (χ2v) is 4.09. The van der Waals surface area contributed by atoms with E-state index < -0.39 is 0 Å². The highest BCUT2D eigenvalue weighted by atomic mass is 16.5. The maximum absolute atomic E-state index is 9.14. The minimum atomic E-state index is 0.216. The Bertz CT molecular complexity index is 423. The van der Waals surface area contributed by atoms with E-state index in [1.165, 1.54) is 0 Å². The molecular weight excluding hydrogens is 214 g/mol. The molecule has 0 radical (unpaired) electrons. The topological polar surface area (TPSA) is 57.9 Å². The molecule has 1 heterocycles. The zero-order valence-corrected chi connectivity index (χ0v) is 10.9. The molecule has 1 aromatic rings. The van der Waals surface area contributed by atoms with Crippen LogP contribution in [0.1, 0.15) is 30.3 Å². The van der Waals surface area contributed by atoms with Gasteiger partial charge in [0.25, 0.3) is 0 Å². The van der Waals surface area contributed by atoms with Crippen LogP contribution in [0.15, 0.2) is 6.07 Å². The molecule has 0 bridgehead atoms. The summed E-state index contributed by atoms with van der Waals surface area (Å²) in [6, 6.07) is 4.32. The summed E-state index contributed by atoms with van der Waals surface area (Å²) >= 11 is 0. The highest BCUT2D eigenvalue weighted by Gasteiger charge is 2.12. The first-order valence-electron chi connectivity index (χ1n) is 5.76. The number of methoxy groups -OCH3 is 1. The molecule has 0 aromatic carbocycles. The maximum atomic E-state index is 9.14. The van der Waals surface area contributed by atoms with E-state index in [4.69, 9.17) is 10.00 Å². The van der Waals surface area contributed by atoms with E-state index in [1.54, 1.807) is 7.11 Å². The summed E-state index contributed by atoms with van der Waals surface area (Å²) in [5.41, 5.74) is 3.14. The molecule has 1 unspecified atom stereocenters. The molecule has 0 aliphatic rings. The lowest BCUT2D eigenvalue weighted by Gasteiger charge is -2.19. The molecule has 0 saturated heterocycles. The third-order valence-corrected chi connectivity index (χ3v) is 2.66. The zero-order chi connectivity index (χ0) is 12.8. The van der Waals surface area contributed by atoms with Crippen LogP contribution in [-0.4, -0.2) is 24.7 Å². The number of aryl methyl sites for hydroxylation is 2. The van der Waals surface area contributed by atoms with Gasteiger partial charge in [0.15, 0.2) is 0 Å². The summed E-state index contributed by atoms with van der Waals surface area (Å²) in [5.74, 6) is 0. The standard InChI is InChI=1S/C13H19N3O/c1-5-11(8-17-4)16-13-6-9(2)15-10(3)12(13)7-14/h6,11H,5,8H2,1-4H3,(H,15,16). The van der Waals surface area contributed by atoms with Crippen molar-refractivity contribution in [3.05, 3.63) is 23.0 Å². The number of nitrogens with zero attached hydrogens (tertiary/aromatic N) is 2. The van der Waals surface area contributed by atoms with Crippen LogP contribution in [0.4, 0.5) is 5.69 Å². The number of ether oxygens (including phenoxy) is 1. The largest absolute Gasteiger partial charge is 0.383 e. The molecule has 1 aromatic heterocycles. The third kappa shape index (κ3) is 3.43. The third-order valence-electron chi connectivity index (χ3n) is 2.66. The monoisotopic (exact) mass is 233 g/mol. The Morgan fingerprint density at radius 2 is 2.24 bits per heavy atom. The van der Waals surface area contributed by atoms with E-state index in [-0.39, 0.29) is 6.04 Å². The summed E-state index contributed by atoms with van der Waals surface area (Å²) in [6.45, 7) is 6.50. The van der Waals surface area contributed by atoms with Crippen LogP contribution in [0.5, 0.6) is 0 Å². The van der Waals surface area contributed by atoms with E-state index in [2.05, 4.69) is 23.3 Å². The van der Waals surface area contributed by atoms with Gasteiger partial charge >= 0.3 is 0 Å². The predicted octanol–water partition coefficient (Wildman–Crippen LogP) is 2.41. The van der Waals surface area contributed by atoms with E-state index in [1.807, 2.05) is 19.9 Å². The fraction of sp³-hybridized carbons (Fsp3) is 0.538. The van der Waals surface area contributed by atoms with Gasteiger partial charge in [-0.15, -0.1) is 0 Å². The first kappa shape index (κ1) is 13.5. The molecule has 0 saturated carbocycles. The zero-order valence-electron chi connectivity index (χ0n) is 10.9. The predicted molar refractivity (Wildman–Crippen MR) is 68.0 cm³/mol. The molecular formula is C13H19N3O. The molecule has 0 aliphatic heterocycles. The van der Waals surface area contributed by atoms with Crippen LogP contribution in [-0.2, 0) is 4.74 Å². The number of pyridine rings is 1. The van der Waals surface area contributed by atoms with Crippen LogP contribution in [0, 0.1) is 25.2 Å². The van der Waals surface area contributed by atoms with E-state index in [0.29, 0.717) is 12.2 Å². The van der Waals surface area contributed by atoms with Gasteiger partial charge in [-0.25, -0.2) is 0 Å². The molecule has 1 atom stereocenters. The van der Waals surface area contributed by atoms with Gasteiger partial charge < -0.3 is 10.1 Å². The minimum absolute atomic E-state index is 0.216. The highest BCUT2D eigenvalue weighted by Crippen LogP contribution is 2.20. The minimum Gasteiger partial charge on any atom is -0.383 e. The van der Waals surface area contributed by atoms with Gasteiger partial charge in [0.05, 0.1) is 23.6 Å². The number of hydrogen-bond acceptors (Lipinski definition) is 4. The number of nitriles is 1. The number of hydrogen-bond donors (Lipinski definition) is 1. The molecule has 0 aliphatic carbocycles. The molecule has 1 rings (SSSR count). The highest BCUT2D eigenvalue weighted by molar-refractivity contribution is 5.60. The molecule has 0 fully saturated rings. The maximum Gasteiger partial charge on any atom is 0.103 e. The summed E-state index contributed by atoms with van der Waals surface area (Å²) < 4.78 is 5.14. The lowest BCUT2D eigenvalue weighted by Crippen LogP contribution is -2.24. The molecule has 0 spiro atoms. The average molecular weight is 233 g/mol. The quantitative estimate of drug-likeness (QED) is 0.848. The van der Waals surface area contributed by atoms with Gasteiger partial charge in [0.1, 0.15) is 6.07 Å². The van der Waals surface area contributed by atoms with Crippen molar-refractivity contribution in [3.8, 4) is 6.07 Å². The number of aromatic nitrogens is 1. The van der Waals surface area contributed by atoms with Crippen LogP contribution in [0.3, 0.4) is 0 Å². The van der Waals surface area contributed by atoms with Crippen molar-refractivity contribution in [1.29, 1.82) is 5.26 Å². The Hall–Kier alpha value is -1.60. The Balaban J connectivity index is 3.00. The lowest BCUT2D eigenvalue weighted by atomic mass is 10.1. The van der Waals surface area contributed by atoms with Crippen LogP contribution in [0.25, 0.3) is 0 Å². The first-order valence-corrected chi connectivity index (χ1v) is 5.76. The van der Waals surface area contributed by atoms with Crippen LogP contribution >= 0.6 is 0 Å². The van der Waals surface area contributed by atoms with Crippen molar-refractivity contribution in [1.82, 2.24) is 4.98 Å². The Labute approximate surface area is 103 Å². The molecule has 4 heteroatoms. The van der Waals surface area contributed by atoms with Gasteiger partial charge in [0, 0.05) is 18.8 Å². The first-order chi connectivity index (χ1) is 8.12. The Morgan fingerprint density at radius 3 is 2.76 bits per heavy atom. The Morgan fingerprint density at radius 1 is 1.53 bits per heavy atom. The van der Waals surface area contributed by atoms with Gasteiger partial charge in [-0.3, -0.25) is 4.98 Å². The SMILES string of the molecule is CCC(COC)Nc1cc(C)nc(C)c1C#N. The van der Waals surface area contributed by atoms with Crippen LogP contribution in [0.2, 0.25) is 0 Å². The fourth-order valence-electron chi connectivity index (χ4n) is 1.77. The van der Waals surface area contributed by atoms with Gasteiger partial charge in [-0.2, -0.15) is 5.26 Å². The number of nitrogens with one attached hydrogen (secondary N) is 1. The van der Waals surface area contributed by atoms with Crippen molar-refractivity contribution in [3.63, 3.8) is 0 Å². The van der Waals surface area contributed by atoms with Crippen molar-refractivity contribution >= 4 is 5.69 Å².